The summed E-state index contributed by atoms with van der Waals surface area (Å²) in [4.78, 5) is 11.8. The van der Waals surface area contributed by atoms with Gasteiger partial charge in [0.15, 0.2) is 11.5 Å². The quantitative estimate of drug-likeness (QED) is 0.632. The maximum atomic E-state index is 11.8. The van der Waals surface area contributed by atoms with Crippen LogP contribution in [-0.2, 0) is 6.54 Å². The minimum absolute atomic E-state index is 0.000142. The van der Waals surface area contributed by atoms with Crippen molar-refractivity contribution in [1.82, 2.24) is 5.32 Å². The van der Waals surface area contributed by atoms with E-state index in [2.05, 4.69) is 5.32 Å². The minimum Gasteiger partial charge on any atom is -0.508 e. The third kappa shape index (κ3) is 2.95. The lowest BCUT2D eigenvalue weighted by molar-refractivity contribution is 0.0947. The molecule has 0 saturated carbocycles. The predicted molar refractivity (Wildman–Crippen MR) is 69.0 cm³/mol. The molecule has 2 aromatic rings. The molecule has 0 unspecified atom stereocenters. The number of hydrogen-bond acceptors (Lipinski definition) is 4. The van der Waals surface area contributed by atoms with Crippen LogP contribution in [0.25, 0.3) is 0 Å². The maximum Gasteiger partial charge on any atom is 0.255 e. The molecule has 98 valence electrons. The van der Waals surface area contributed by atoms with Gasteiger partial charge in [0, 0.05) is 6.54 Å². The molecule has 0 atom stereocenters. The van der Waals surface area contributed by atoms with E-state index in [1.165, 1.54) is 30.3 Å². The first kappa shape index (κ1) is 12.8. The Morgan fingerprint density at radius 3 is 2.53 bits per heavy atom. The highest BCUT2D eigenvalue weighted by molar-refractivity contribution is 5.97. The second-order valence-corrected chi connectivity index (χ2v) is 4.03. The van der Waals surface area contributed by atoms with E-state index in [0.29, 0.717) is 0 Å². The number of para-hydroxylation sites is 1. The van der Waals surface area contributed by atoms with E-state index in [9.17, 15) is 20.1 Å². The number of benzene rings is 2. The standard InChI is InChI=1S/C14H13NO4/c16-10-4-1-3-9(7-10)8-15-14(19)11-5-2-6-12(17)13(11)18/h1-7,16-18H,8H2,(H,15,19). The number of amides is 1. The summed E-state index contributed by atoms with van der Waals surface area (Å²) in [5.74, 6) is -1.18. The number of phenols is 3. The summed E-state index contributed by atoms with van der Waals surface area (Å²) in [6.07, 6.45) is 0. The summed E-state index contributed by atoms with van der Waals surface area (Å²) in [5, 5.41) is 30.7. The second kappa shape index (κ2) is 5.30. The van der Waals surface area contributed by atoms with Crippen LogP contribution in [-0.4, -0.2) is 21.2 Å². The number of carbonyl (C=O) groups excluding carboxylic acids is 1. The molecule has 5 nitrogen and oxygen atoms in total. The van der Waals surface area contributed by atoms with E-state index < -0.39 is 11.7 Å². The fourth-order valence-corrected chi connectivity index (χ4v) is 1.66. The summed E-state index contributed by atoms with van der Waals surface area (Å²) in [5.41, 5.74) is 0.730. The Labute approximate surface area is 109 Å². The van der Waals surface area contributed by atoms with Crippen LogP contribution >= 0.6 is 0 Å². The van der Waals surface area contributed by atoms with Crippen molar-refractivity contribution in [3.63, 3.8) is 0 Å². The molecule has 1 amide bonds. The van der Waals surface area contributed by atoms with Crippen molar-refractivity contribution >= 4 is 5.91 Å². The molecule has 0 radical (unpaired) electrons. The van der Waals surface area contributed by atoms with Crippen LogP contribution in [0.15, 0.2) is 42.5 Å². The molecule has 0 aromatic heterocycles. The molecular formula is C14H13NO4. The monoisotopic (exact) mass is 259 g/mol. The lowest BCUT2D eigenvalue weighted by Gasteiger charge is -2.08. The van der Waals surface area contributed by atoms with Gasteiger partial charge in [-0.25, -0.2) is 0 Å². The smallest absolute Gasteiger partial charge is 0.255 e. The highest BCUT2D eigenvalue weighted by Gasteiger charge is 2.13. The fraction of sp³-hybridized carbons (Fsp3) is 0.0714. The highest BCUT2D eigenvalue weighted by atomic mass is 16.3. The van der Waals surface area contributed by atoms with Gasteiger partial charge in [-0.1, -0.05) is 18.2 Å². The topological polar surface area (TPSA) is 89.8 Å². The van der Waals surface area contributed by atoms with Crippen LogP contribution in [0.4, 0.5) is 0 Å². The normalized spacial score (nSPS) is 10.1. The summed E-state index contributed by atoms with van der Waals surface area (Å²) >= 11 is 0. The van der Waals surface area contributed by atoms with E-state index in [1.807, 2.05) is 0 Å². The summed E-state index contributed by atoms with van der Waals surface area (Å²) in [6, 6.07) is 10.7. The summed E-state index contributed by atoms with van der Waals surface area (Å²) in [6.45, 7) is 0.211. The molecular weight excluding hydrogens is 246 g/mol. The zero-order valence-corrected chi connectivity index (χ0v) is 10.00. The van der Waals surface area contributed by atoms with Gasteiger partial charge in [-0.05, 0) is 29.8 Å². The first-order valence-electron chi connectivity index (χ1n) is 5.65. The number of phenolic OH excluding ortho intramolecular Hbond substituents is 3. The molecule has 2 rings (SSSR count). The Morgan fingerprint density at radius 1 is 1.05 bits per heavy atom. The molecule has 0 fully saturated rings. The molecule has 0 spiro atoms. The first-order chi connectivity index (χ1) is 9.08. The van der Waals surface area contributed by atoms with Gasteiger partial charge in [-0.15, -0.1) is 0 Å². The van der Waals surface area contributed by atoms with E-state index in [-0.39, 0.29) is 23.6 Å². The molecule has 0 heterocycles. The fourth-order valence-electron chi connectivity index (χ4n) is 1.66. The molecule has 0 aliphatic rings. The number of aromatic hydroxyl groups is 3. The minimum atomic E-state index is -0.503. The zero-order chi connectivity index (χ0) is 13.8. The SMILES string of the molecule is O=C(NCc1cccc(O)c1)c1cccc(O)c1O. The van der Waals surface area contributed by atoms with Crippen molar-refractivity contribution in [2.24, 2.45) is 0 Å². The van der Waals surface area contributed by atoms with Gasteiger partial charge in [0.05, 0.1) is 5.56 Å². The third-order valence-electron chi connectivity index (χ3n) is 2.62. The Kier molecular flexibility index (Phi) is 3.56. The van der Waals surface area contributed by atoms with Crippen LogP contribution in [0.3, 0.4) is 0 Å². The number of hydrogen-bond donors (Lipinski definition) is 4. The molecule has 4 N–H and O–H groups in total. The van der Waals surface area contributed by atoms with Gasteiger partial charge in [-0.3, -0.25) is 4.79 Å². The Hall–Kier alpha value is -2.69. The average molecular weight is 259 g/mol. The average Bonchev–Trinajstić information content (AvgIpc) is 2.39. The Bertz CT molecular complexity index is 610. The lowest BCUT2D eigenvalue weighted by atomic mass is 10.1. The van der Waals surface area contributed by atoms with Crippen molar-refractivity contribution in [2.75, 3.05) is 0 Å². The van der Waals surface area contributed by atoms with Gasteiger partial charge in [0.25, 0.3) is 5.91 Å². The Morgan fingerprint density at radius 2 is 1.79 bits per heavy atom. The first-order valence-corrected chi connectivity index (χ1v) is 5.65. The van der Waals surface area contributed by atoms with E-state index in [4.69, 9.17) is 0 Å². The number of nitrogens with one attached hydrogen (secondary N) is 1. The van der Waals surface area contributed by atoms with Crippen LogP contribution in [0, 0.1) is 0 Å². The molecule has 0 aliphatic heterocycles. The molecule has 0 aliphatic carbocycles. The predicted octanol–water partition coefficient (Wildman–Crippen LogP) is 1.73. The van der Waals surface area contributed by atoms with Crippen molar-refractivity contribution in [3.05, 3.63) is 53.6 Å². The molecule has 19 heavy (non-hydrogen) atoms. The van der Waals surface area contributed by atoms with Crippen molar-refractivity contribution < 1.29 is 20.1 Å². The van der Waals surface area contributed by atoms with Crippen molar-refractivity contribution in [3.8, 4) is 17.2 Å². The molecule has 5 heteroatoms. The maximum absolute atomic E-state index is 11.8. The van der Waals surface area contributed by atoms with E-state index in [0.717, 1.165) is 5.56 Å². The van der Waals surface area contributed by atoms with Crippen molar-refractivity contribution in [2.45, 2.75) is 6.54 Å². The molecule has 0 saturated heterocycles. The lowest BCUT2D eigenvalue weighted by Crippen LogP contribution is -2.22. The van der Waals surface area contributed by atoms with Crippen LogP contribution in [0.5, 0.6) is 17.2 Å². The highest BCUT2D eigenvalue weighted by Crippen LogP contribution is 2.27. The van der Waals surface area contributed by atoms with Gasteiger partial charge >= 0.3 is 0 Å². The van der Waals surface area contributed by atoms with Gasteiger partial charge < -0.3 is 20.6 Å². The van der Waals surface area contributed by atoms with Crippen LogP contribution < -0.4 is 5.32 Å². The summed E-state index contributed by atoms with van der Waals surface area (Å²) < 4.78 is 0. The molecule has 2 aromatic carbocycles. The van der Waals surface area contributed by atoms with Gasteiger partial charge in [0.1, 0.15) is 5.75 Å². The van der Waals surface area contributed by atoms with Crippen LogP contribution in [0.2, 0.25) is 0 Å². The Balaban J connectivity index is 2.08. The number of carbonyl (C=O) groups is 1. The van der Waals surface area contributed by atoms with E-state index >= 15 is 0 Å². The van der Waals surface area contributed by atoms with Crippen LogP contribution in [0.1, 0.15) is 15.9 Å². The third-order valence-corrected chi connectivity index (χ3v) is 2.62. The van der Waals surface area contributed by atoms with Gasteiger partial charge in [0.2, 0.25) is 0 Å². The second-order valence-electron chi connectivity index (χ2n) is 4.03. The van der Waals surface area contributed by atoms with Gasteiger partial charge in [-0.2, -0.15) is 0 Å². The van der Waals surface area contributed by atoms with Crippen molar-refractivity contribution in [1.29, 1.82) is 0 Å². The van der Waals surface area contributed by atoms with E-state index in [1.54, 1.807) is 12.1 Å². The number of rotatable bonds is 3. The molecule has 0 bridgehead atoms. The largest absolute Gasteiger partial charge is 0.508 e. The summed E-state index contributed by atoms with van der Waals surface area (Å²) in [7, 11) is 0. The zero-order valence-electron chi connectivity index (χ0n) is 10.00.